The van der Waals surface area contributed by atoms with E-state index in [0.29, 0.717) is 23.9 Å². The molecule has 0 saturated carbocycles. The zero-order valence-corrected chi connectivity index (χ0v) is 18.7. The summed E-state index contributed by atoms with van der Waals surface area (Å²) in [6, 6.07) is 23.0. The number of hydrogen-bond acceptors (Lipinski definition) is 5. The zero-order chi connectivity index (χ0) is 23.0. The molecule has 6 nitrogen and oxygen atoms in total. The van der Waals surface area contributed by atoms with Gasteiger partial charge in [0, 0.05) is 12.4 Å². The highest BCUT2D eigenvalue weighted by atomic mass is 16.5. The summed E-state index contributed by atoms with van der Waals surface area (Å²) in [5, 5.41) is 5.17. The van der Waals surface area contributed by atoms with Crippen LogP contribution in [0.1, 0.15) is 24.1 Å². The van der Waals surface area contributed by atoms with Crippen LogP contribution in [0.4, 0.5) is 0 Å². The Morgan fingerprint density at radius 3 is 2.48 bits per heavy atom. The van der Waals surface area contributed by atoms with Crippen LogP contribution in [0, 0.1) is 0 Å². The van der Waals surface area contributed by atoms with Crippen molar-refractivity contribution in [1.29, 1.82) is 0 Å². The number of pyridine rings is 1. The molecule has 0 aliphatic carbocycles. The quantitative estimate of drug-likeness (QED) is 0.392. The number of nitrogens with zero attached hydrogens (tertiary/aromatic N) is 1. The summed E-state index contributed by atoms with van der Waals surface area (Å²) >= 11 is 0. The molecule has 1 N–H and O–H groups in total. The van der Waals surface area contributed by atoms with Crippen molar-refractivity contribution in [2.45, 2.75) is 19.6 Å². The van der Waals surface area contributed by atoms with Crippen molar-refractivity contribution < 1.29 is 19.0 Å². The fourth-order valence-electron chi connectivity index (χ4n) is 3.49. The van der Waals surface area contributed by atoms with Gasteiger partial charge in [-0.2, -0.15) is 0 Å². The Morgan fingerprint density at radius 2 is 1.70 bits per heavy atom. The number of benzene rings is 3. The Labute approximate surface area is 193 Å². The smallest absolute Gasteiger partial charge is 0.258 e. The van der Waals surface area contributed by atoms with Crippen LogP contribution in [0.15, 0.2) is 85.2 Å². The number of ether oxygens (including phenoxy) is 3. The van der Waals surface area contributed by atoms with Crippen molar-refractivity contribution in [2.24, 2.45) is 0 Å². The molecular weight excluding hydrogens is 416 g/mol. The molecule has 1 heterocycles. The van der Waals surface area contributed by atoms with Gasteiger partial charge in [0.25, 0.3) is 5.91 Å². The van der Waals surface area contributed by atoms with E-state index in [-0.39, 0.29) is 18.6 Å². The van der Waals surface area contributed by atoms with E-state index in [4.69, 9.17) is 14.2 Å². The lowest BCUT2D eigenvalue weighted by Gasteiger charge is -2.17. The number of nitrogens with one attached hydrogen (secondary N) is 1. The first-order chi connectivity index (χ1) is 16.1. The molecule has 6 heteroatoms. The molecule has 0 saturated heterocycles. The van der Waals surface area contributed by atoms with E-state index in [1.54, 1.807) is 19.5 Å². The summed E-state index contributed by atoms with van der Waals surface area (Å²) in [7, 11) is 1.60. The third kappa shape index (κ3) is 5.80. The molecule has 0 bridgehead atoms. The first-order valence-corrected chi connectivity index (χ1v) is 10.7. The van der Waals surface area contributed by atoms with Crippen LogP contribution in [0.2, 0.25) is 0 Å². The lowest BCUT2D eigenvalue weighted by atomic mass is 10.1. The molecule has 0 fully saturated rings. The molecule has 1 amide bonds. The minimum absolute atomic E-state index is 0.0626. The Balaban J connectivity index is 1.33. The number of rotatable bonds is 9. The Hall–Kier alpha value is -4.06. The van der Waals surface area contributed by atoms with Crippen LogP contribution >= 0.6 is 0 Å². The zero-order valence-electron chi connectivity index (χ0n) is 18.7. The number of carbonyl (C=O) groups excluding carboxylic acids is 1. The maximum atomic E-state index is 12.4. The molecule has 0 radical (unpaired) electrons. The van der Waals surface area contributed by atoms with Crippen molar-refractivity contribution in [3.05, 3.63) is 96.3 Å². The number of carbonyl (C=O) groups is 1. The standard InChI is InChI=1S/C27H26N2O4/c1-19(29-27(30)18-32-24-9-7-21-5-3-4-6-23(21)15-24)22-8-10-25(26(16-22)31-2)33-17-20-11-13-28-14-12-20/h3-16,19H,17-18H2,1-2H3,(H,29,30). The Bertz CT molecular complexity index is 1230. The molecule has 0 aliphatic heterocycles. The summed E-state index contributed by atoms with van der Waals surface area (Å²) in [4.78, 5) is 16.5. The summed E-state index contributed by atoms with van der Waals surface area (Å²) in [6.45, 7) is 2.27. The van der Waals surface area contributed by atoms with E-state index in [9.17, 15) is 4.79 Å². The van der Waals surface area contributed by atoms with E-state index >= 15 is 0 Å². The Kier molecular flexibility index (Phi) is 7.05. The van der Waals surface area contributed by atoms with Gasteiger partial charge in [0.2, 0.25) is 0 Å². The van der Waals surface area contributed by atoms with Gasteiger partial charge in [0.05, 0.1) is 13.2 Å². The minimum Gasteiger partial charge on any atom is -0.493 e. The number of fused-ring (bicyclic) bond motifs is 1. The molecular formula is C27H26N2O4. The van der Waals surface area contributed by atoms with Crippen molar-refractivity contribution in [3.8, 4) is 17.2 Å². The molecule has 1 atom stereocenters. The highest BCUT2D eigenvalue weighted by Gasteiger charge is 2.14. The van der Waals surface area contributed by atoms with Crippen LogP contribution in [0.25, 0.3) is 10.8 Å². The number of methoxy groups -OCH3 is 1. The van der Waals surface area contributed by atoms with E-state index in [2.05, 4.69) is 10.3 Å². The second-order valence-electron chi connectivity index (χ2n) is 7.64. The van der Waals surface area contributed by atoms with Crippen LogP contribution in [0.3, 0.4) is 0 Å². The van der Waals surface area contributed by atoms with Crippen LogP contribution in [-0.4, -0.2) is 24.6 Å². The van der Waals surface area contributed by atoms with Gasteiger partial charge in [-0.05, 0) is 65.2 Å². The summed E-state index contributed by atoms with van der Waals surface area (Å²) < 4.78 is 17.1. The fourth-order valence-corrected chi connectivity index (χ4v) is 3.49. The maximum absolute atomic E-state index is 12.4. The van der Waals surface area contributed by atoms with Crippen molar-refractivity contribution in [1.82, 2.24) is 10.3 Å². The van der Waals surface area contributed by atoms with E-state index < -0.39 is 0 Å². The average molecular weight is 443 g/mol. The average Bonchev–Trinajstić information content (AvgIpc) is 2.86. The van der Waals surface area contributed by atoms with Crippen molar-refractivity contribution in [2.75, 3.05) is 13.7 Å². The highest BCUT2D eigenvalue weighted by Crippen LogP contribution is 2.31. The van der Waals surface area contributed by atoms with Gasteiger partial charge in [-0.1, -0.05) is 36.4 Å². The molecule has 0 spiro atoms. The first-order valence-electron chi connectivity index (χ1n) is 10.7. The summed E-state index contributed by atoms with van der Waals surface area (Å²) in [5.74, 6) is 1.70. The fraction of sp³-hybridized carbons (Fsp3) is 0.185. The molecule has 1 unspecified atom stereocenters. The monoisotopic (exact) mass is 442 g/mol. The van der Waals surface area contributed by atoms with Gasteiger partial charge < -0.3 is 19.5 Å². The molecule has 4 rings (SSSR count). The van der Waals surface area contributed by atoms with Gasteiger partial charge in [-0.25, -0.2) is 0 Å². The van der Waals surface area contributed by atoms with Gasteiger partial charge in [0.1, 0.15) is 12.4 Å². The lowest BCUT2D eigenvalue weighted by molar-refractivity contribution is -0.123. The van der Waals surface area contributed by atoms with Gasteiger partial charge in [0.15, 0.2) is 18.1 Å². The van der Waals surface area contributed by atoms with E-state index in [1.807, 2.05) is 79.7 Å². The third-order valence-corrected chi connectivity index (χ3v) is 5.30. The van der Waals surface area contributed by atoms with Gasteiger partial charge >= 0.3 is 0 Å². The van der Waals surface area contributed by atoms with E-state index in [0.717, 1.165) is 21.9 Å². The number of aromatic nitrogens is 1. The molecule has 4 aromatic rings. The molecule has 3 aromatic carbocycles. The minimum atomic E-state index is -0.221. The normalized spacial score (nSPS) is 11.6. The highest BCUT2D eigenvalue weighted by molar-refractivity contribution is 5.84. The molecule has 0 aliphatic rings. The SMILES string of the molecule is COc1cc(C(C)NC(=O)COc2ccc3ccccc3c2)ccc1OCc1ccncc1. The first kappa shape index (κ1) is 22.1. The summed E-state index contributed by atoms with van der Waals surface area (Å²) in [5.41, 5.74) is 1.92. The van der Waals surface area contributed by atoms with E-state index in [1.165, 1.54) is 0 Å². The lowest BCUT2D eigenvalue weighted by Crippen LogP contribution is -2.31. The maximum Gasteiger partial charge on any atom is 0.258 e. The van der Waals surface area contributed by atoms with Crippen LogP contribution < -0.4 is 19.5 Å². The number of hydrogen-bond donors (Lipinski definition) is 1. The predicted molar refractivity (Wildman–Crippen MR) is 128 cm³/mol. The summed E-state index contributed by atoms with van der Waals surface area (Å²) in [6.07, 6.45) is 3.46. The van der Waals surface area contributed by atoms with Crippen molar-refractivity contribution >= 4 is 16.7 Å². The second-order valence-corrected chi connectivity index (χ2v) is 7.64. The van der Waals surface area contributed by atoms with Gasteiger partial charge in [-0.15, -0.1) is 0 Å². The third-order valence-electron chi connectivity index (χ3n) is 5.30. The van der Waals surface area contributed by atoms with Crippen LogP contribution in [0.5, 0.6) is 17.2 Å². The molecule has 168 valence electrons. The van der Waals surface area contributed by atoms with Crippen molar-refractivity contribution in [3.63, 3.8) is 0 Å². The number of amides is 1. The molecule has 1 aromatic heterocycles. The molecule has 33 heavy (non-hydrogen) atoms. The predicted octanol–water partition coefficient (Wildman–Crippen LogP) is 5.08. The van der Waals surface area contributed by atoms with Gasteiger partial charge in [-0.3, -0.25) is 9.78 Å². The second kappa shape index (κ2) is 10.5. The largest absolute Gasteiger partial charge is 0.493 e. The Morgan fingerprint density at radius 1 is 0.909 bits per heavy atom. The van der Waals surface area contributed by atoms with Crippen LogP contribution in [-0.2, 0) is 11.4 Å². The topological polar surface area (TPSA) is 69.7 Å².